The fourth-order valence-electron chi connectivity index (χ4n) is 6.86. The minimum absolute atomic E-state index is 0.164. The van der Waals surface area contributed by atoms with Crippen molar-refractivity contribution in [1.29, 1.82) is 0 Å². The Kier molecular flexibility index (Phi) is 13.0. The molecule has 1 heterocycles. The third kappa shape index (κ3) is 10.1. The summed E-state index contributed by atoms with van der Waals surface area (Å²) in [6, 6.07) is 29.7. The summed E-state index contributed by atoms with van der Waals surface area (Å²) in [6.07, 6.45) is 2.91. The Bertz CT molecular complexity index is 1800. The number of nitrogens with one attached hydrogen (secondary N) is 1. The number of ketones is 1. The number of hydrogen-bond donors (Lipinski definition) is 1. The molecule has 1 saturated heterocycles. The number of nitrogens with zero attached hydrogens (tertiary/aromatic N) is 2. The molecule has 8 heteroatoms. The van der Waals surface area contributed by atoms with Gasteiger partial charge in [-0.25, -0.2) is 0 Å². The second kappa shape index (κ2) is 17.6. The first-order valence-electron chi connectivity index (χ1n) is 18.4. The molecule has 1 aliphatic carbocycles. The fourth-order valence-corrected chi connectivity index (χ4v) is 6.86. The number of allylic oxidation sites excluding steroid dienone is 2. The molecule has 1 aliphatic heterocycles. The van der Waals surface area contributed by atoms with Crippen molar-refractivity contribution in [3.8, 4) is 11.1 Å². The van der Waals surface area contributed by atoms with Gasteiger partial charge in [-0.3, -0.25) is 9.59 Å². The van der Waals surface area contributed by atoms with Crippen LogP contribution in [-0.4, -0.2) is 42.8 Å². The van der Waals surface area contributed by atoms with E-state index in [-0.39, 0.29) is 17.7 Å². The molecule has 0 radical (unpaired) electrons. The lowest BCUT2D eigenvalue weighted by atomic mass is 9.90. The largest absolute Gasteiger partial charge is 0.416 e. The molecule has 4 aromatic carbocycles. The van der Waals surface area contributed by atoms with Gasteiger partial charge >= 0.3 is 6.18 Å². The lowest BCUT2D eigenvalue weighted by Gasteiger charge is -2.37. The number of carbonyl (C=O) groups is 2. The lowest BCUT2D eigenvalue weighted by Crippen LogP contribution is -2.40. The Hall–Kier alpha value is -4.85. The van der Waals surface area contributed by atoms with Crippen molar-refractivity contribution in [1.82, 2.24) is 4.90 Å². The molecule has 1 atom stereocenters. The van der Waals surface area contributed by atoms with Gasteiger partial charge in [0, 0.05) is 42.8 Å². The molecule has 1 amide bonds. The van der Waals surface area contributed by atoms with Gasteiger partial charge in [0.1, 0.15) is 0 Å². The van der Waals surface area contributed by atoms with E-state index in [1.807, 2.05) is 42.5 Å². The maximum atomic E-state index is 13.3. The van der Waals surface area contributed by atoms with E-state index < -0.39 is 11.7 Å². The molecule has 5 nitrogen and oxygen atoms in total. The first-order valence-corrected chi connectivity index (χ1v) is 18.4. The summed E-state index contributed by atoms with van der Waals surface area (Å²) >= 11 is 0. The first kappa shape index (κ1) is 38.4. The molecule has 0 aromatic heterocycles. The van der Waals surface area contributed by atoms with Gasteiger partial charge in [0.05, 0.1) is 11.6 Å². The van der Waals surface area contributed by atoms with Crippen molar-refractivity contribution in [2.75, 3.05) is 30.4 Å². The fraction of sp³-hybridized carbons (Fsp3) is 0.364. The Balaban J connectivity index is 0.00000168. The third-order valence-electron chi connectivity index (χ3n) is 9.82. The van der Waals surface area contributed by atoms with Crippen LogP contribution in [0.1, 0.15) is 80.8 Å². The van der Waals surface area contributed by atoms with E-state index in [9.17, 15) is 22.8 Å². The number of carbonyl (C=O) groups excluding carboxylic acids is 2. The van der Waals surface area contributed by atoms with Crippen molar-refractivity contribution in [2.45, 2.75) is 77.9 Å². The summed E-state index contributed by atoms with van der Waals surface area (Å²) < 4.78 is 39.2. The van der Waals surface area contributed by atoms with Crippen LogP contribution in [0.5, 0.6) is 0 Å². The SMILES string of the molecule is CC(=O)[C@H](Cc1ccccc1)N(C)C(CC1CCN(c2ccc(NC(=O)c3ccccc3-c3ccc(C(F)(F)F)cc3)cc2)CC1)=C1CC1.CCC. The Morgan fingerprint density at radius 1 is 0.846 bits per heavy atom. The van der Waals surface area contributed by atoms with Crippen molar-refractivity contribution in [3.63, 3.8) is 0 Å². The highest BCUT2D eigenvalue weighted by atomic mass is 19.4. The smallest absolute Gasteiger partial charge is 0.372 e. The monoisotopic (exact) mass is 709 g/mol. The van der Waals surface area contributed by atoms with Gasteiger partial charge < -0.3 is 15.1 Å². The zero-order valence-electron chi connectivity index (χ0n) is 30.7. The van der Waals surface area contributed by atoms with E-state index in [2.05, 4.69) is 48.1 Å². The molecule has 2 aliphatic rings. The average molecular weight is 710 g/mol. The van der Waals surface area contributed by atoms with Crippen LogP contribution in [-0.2, 0) is 17.4 Å². The molecule has 274 valence electrons. The van der Waals surface area contributed by atoms with E-state index in [0.717, 1.165) is 63.0 Å². The summed E-state index contributed by atoms with van der Waals surface area (Å²) in [4.78, 5) is 30.7. The Labute approximate surface area is 306 Å². The van der Waals surface area contributed by atoms with Gasteiger partial charge in [-0.15, -0.1) is 0 Å². The molecule has 6 rings (SSSR count). The van der Waals surface area contributed by atoms with Crippen molar-refractivity contribution in [2.24, 2.45) is 5.92 Å². The Morgan fingerprint density at radius 3 is 2.02 bits per heavy atom. The molecule has 4 aromatic rings. The molecule has 0 bridgehead atoms. The number of Topliss-reactive ketones (excluding diaryl/α,β-unsaturated/α-hetero) is 1. The maximum Gasteiger partial charge on any atom is 0.416 e. The zero-order valence-corrected chi connectivity index (χ0v) is 30.7. The predicted octanol–water partition coefficient (Wildman–Crippen LogP) is 10.8. The minimum Gasteiger partial charge on any atom is -0.372 e. The van der Waals surface area contributed by atoms with Gasteiger partial charge in [0.15, 0.2) is 5.78 Å². The molecule has 1 saturated carbocycles. The number of rotatable bonds is 11. The van der Waals surface area contributed by atoms with Crippen molar-refractivity contribution < 1.29 is 22.8 Å². The predicted molar refractivity (Wildman–Crippen MR) is 205 cm³/mol. The van der Waals surface area contributed by atoms with Crippen LogP contribution in [0.15, 0.2) is 114 Å². The molecule has 0 spiro atoms. The summed E-state index contributed by atoms with van der Waals surface area (Å²) in [5, 5.41) is 2.95. The average Bonchev–Trinajstić information content (AvgIpc) is 3.99. The topological polar surface area (TPSA) is 52.7 Å². The number of anilines is 2. The number of halogens is 3. The van der Waals surface area contributed by atoms with Crippen LogP contribution in [0.4, 0.5) is 24.5 Å². The third-order valence-corrected chi connectivity index (χ3v) is 9.82. The number of piperidine rings is 1. The summed E-state index contributed by atoms with van der Waals surface area (Å²) in [5.41, 5.74) is 6.52. The summed E-state index contributed by atoms with van der Waals surface area (Å²) in [5.74, 6) is 0.419. The molecule has 2 fully saturated rings. The van der Waals surface area contributed by atoms with Crippen molar-refractivity contribution in [3.05, 3.63) is 131 Å². The van der Waals surface area contributed by atoms with Crippen LogP contribution in [0, 0.1) is 5.92 Å². The highest BCUT2D eigenvalue weighted by Gasteiger charge is 2.31. The number of benzene rings is 4. The second-order valence-electron chi connectivity index (χ2n) is 13.9. The summed E-state index contributed by atoms with van der Waals surface area (Å²) in [6.45, 7) is 7.82. The molecular weight excluding hydrogens is 659 g/mol. The van der Waals surface area contributed by atoms with Crippen LogP contribution in [0.25, 0.3) is 11.1 Å². The Morgan fingerprint density at radius 2 is 1.44 bits per heavy atom. The number of likely N-dealkylation sites (N-methyl/N-ethyl adjacent to an activating group) is 1. The standard InChI is InChI=1S/C41H42F3N3O2.C3H8/c1-28(48)38(26-29-8-4-3-5-9-29)46(2)39(32-12-13-32)27-30-22-24-47(25-23-30)35-20-18-34(19-21-35)45-40(49)37-11-7-6-10-36(37)31-14-16-33(17-15-31)41(42,43)44;1-3-2/h3-11,14-21,30,38H,12-13,22-27H2,1-2H3,(H,45,49);3H2,1-2H3/t38-;/m0./s1. The van der Waals surface area contributed by atoms with E-state index in [0.29, 0.717) is 34.7 Å². The number of hydrogen-bond acceptors (Lipinski definition) is 4. The summed E-state index contributed by atoms with van der Waals surface area (Å²) in [7, 11) is 2.10. The minimum atomic E-state index is -4.42. The van der Waals surface area contributed by atoms with Crippen LogP contribution in [0.2, 0.25) is 0 Å². The second-order valence-corrected chi connectivity index (χ2v) is 13.9. The normalized spacial score (nSPS) is 14.9. The van der Waals surface area contributed by atoms with E-state index in [4.69, 9.17) is 0 Å². The van der Waals surface area contributed by atoms with Crippen LogP contribution < -0.4 is 10.2 Å². The van der Waals surface area contributed by atoms with Gasteiger partial charge in [-0.05, 0) is 111 Å². The highest BCUT2D eigenvalue weighted by molar-refractivity contribution is 6.08. The number of alkyl halides is 3. The van der Waals surface area contributed by atoms with Crippen molar-refractivity contribution >= 4 is 23.1 Å². The van der Waals surface area contributed by atoms with Crippen LogP contribution in [0.3, 0.4) is 0 Å². The van der Waals surface area contributed by atoms with Gasteiger partial charge in [-0.2, -0.15) is 13.2 Å². The first-order chi connectivity index (χ1) is 25.0. The molecule has 52 heavy (non-hydrogen) atoms. The lowest BCUT2D eigenvalue weighted by molar-refractivity contribution is -0.137. The van der Waals surface area contributed by atoms with Gasteiger partial charge in [-0.1, -0.05) is 86.5 Å². The highest BCUT2D eigenvalue weighted by Crippen LogP contribution is 2.39. The molecular formula is C44H50F3N3O2. The number of amides is 1. The molecule has 0 unspecified atom stereocenters. The maximum absolute atomic E-state index is 13.3. The van der Waals surface area contributed by atoms with E-state index in [1.54, 1.807) is 31.2 Å². The quantitative estimate of drug-likeness (QED) is 0.168. The van der Waals surface area contributed by atoms with Gasteiger partial charge in [0.25, 0.3) is 5.91 Å². The van der Waals surface area contributed by atoms with Gasteiger partial charge in [0.2, 0.25) is 0 Å². The van der Waals surface area contributed by atoms with E-state index in [1.165, 1.54) is 35.4 Å². The molecule has 1 N–H and O–H groups in total. The van der Waals surface area contributed by atoms with E-state index >= 15 is 0 Å². The van der Waals surface area contributed by atoms with Crippen LogP contribution >= 0.6 is 0 Å². The zero-order chi connectivity index (χ0) is 37.3.